The molecule has 2 aliphatic carbocycles. The second kappa shape index (κ2) is 8.94. The highest BCUT2D eigenvalue weighted by atomic mass is 16.5. The van der Waals surface area contributed by atoms with Gasteiger partial charge in [0.1, 0.15) is 29.7 Å². The molecule has 4 atom stereocenters. The van der Waals surface area contributed by atoms with E-state index in [0.717, 1.165) is 24.6 Å². The lowest BCUT2D eigenvalue weighted by Gasteiger charge is -2.34. The molecule has 0 spiro atoms. The number of rotatable bonds is 6. The molecule has 0 radical (unpaired) electrons. The van der Waals surface area contributed by atoms with E-state index in [9.17, 15) is 0 Å². The summed E-state index contributed by atoms with van der Waals surface area (Å²) < 4.78 is 13.7. The monoisotopic (exact) mass is 510 g/mol. The molecule has 0 saturated carbocycles. The van der Waals surface area contributed by atoms with Gasteiger partial charge in [0.2, 0.25) is 11.8 Å². The molecule has 4 heteroatoms. The van der Waals surface area contributed by atoms with Crippen LogP contribution in [0, 0.1) is 5.41 Å². The number of fused-ring (bicyclic) bond motifs is 6. The van der Waals surface area contributed by atoms with Gasteiger partial charge in [0.05, 0.1) is 0 Å². The lowest BCUT2D eigenvalue weighted by molar-refractivity contribution is 0.162. The molecule has 2 heterocycles. The fourth-order valence-corrected chi connectivity index (χ4v) is 7.01. The van der Waals surface area contributed by atoms with Crippen LogP contribution in [-0.2, 0) is 35.2 Å². The minimum Gasteiger partial charge on any atom is -0.474 e. The Morgan fingerprint density at radius 3 is 1.41 bits per heavy atom. The summed E-state index contributed by atoms with van der Waals surface area (Å²) in [6.45, 7) is 0. The topological polar surface area (TPSA) is 43.2 Å². The van der Waals surface area contributed by atoms with E-state index in [1.165, 1.54) is 33.4 Å². The fraction of sp³-hybridized carbons (Fsp3) is 0.257. The number of aliphatic imine (C=N–C) groups is 2. The Hall–Kier alpha value is -4.18. The summed E-state index contributed by atoms with van der Waals surface area (Å²) in [6, 6.07) is 38.6. The van der Waals surface area contributed by atoms with Crippen LogP contribution < -0.4 is 0 Å². The molecule has 4 aliphatic rings. The van der Waals surface area contributed by atoms with Crippen LogP contribution in [0.15, 0.2) is 119 Å². The molecule has 4 aromatic carbocycles. The van der Waals surface area contributed by atoms with Crippen LogP contribution in [0.4, 0.5) is 0 Å². The van der Waals surface area contributed by atoms with Gasteiger partial charge in [-0.2, -0.15) is 0 Å². The Morgan fingerprint density at radius 1 is 0.538 bits per heavy atom. The van der Waals surface area contributed by atoms with Crippen LogP contribution >= 0.6 is 0 Å². The van der Waals surface area contributed by atoms with Crippen molar-refractivity contribution in [1.29, 1.82) is 0 Å². The fourth-order valence-electron chi connectivity index (χ4n) is 7.01. The van der Waals surface area contributed by atoms with Crippen molar-refractivity contribution in [2.24, 2.45) is 15.4 Å². The van der Waals surface area contributed by atoms with Crippen molar-refractivity contribution >= 4 is 11.8 Å². The van der Waals surface area contributed by atoms with E-state index in [-0.39, 0.29) is 24.3 Å². The summed E-state index contributed by atoms with van der Waals surface area (Å²) in [5, 5.41) is 0. The number of hydrogen-bond donors (Lipinski definition) is 0. The summed E-state index contributed by atoms with van der Waals surface area (Å²) in [4.78, 5) is 10.7. The first-order valence-corrected chi connectivity index (χ1v) is 14.0. The quantitative estimate of drug-likeness (QED) is 0.292. The Labute approximate surface area is 229 Å². The molecule has 0 bridgehead atoms. The van der Waals surface area contributed by atoms with E-state index in [0.29, 0.717) is 12.8 Å². The van der Waals surface area contributed by atoms with Gasteiger partial charge < -0.3 is 9.47 Å². The highest BCUT2D eigenvalue weighted by Crippen LogP contribution is 2.49. The molecule has 8 rings (SSSR count). The molecule has 4 nitrogen and oxygen atoms in total. The van der Waals surface area contributed by atoms with Crippen molar-refractivity contribution in [3.05, 3.63) is 143 Å². The maximum absolute atomic E-state index is 6.87. The van der Waals surface area contributed by atoms with Crippen molar-refractivity contribution < 1.29 is 9.47 Å². The number of benzene rings is 4. The molecular formula is C35H30N2O2. The summed E-state index contributed by atoms with van der Waals surface area (Å²) >= 11 is 0. The van der Waals surface area contributed by atoms with Gasteiger partial charge in [-0.05, 0) is 46.2 Å². The van der Waals surface area contributed by atoms with Crippen LogP contribution in [-0.4, -0.2) is 24.0 Å². The SMILES string of the molecule is c1ccc(CC(Cc2ccccc2)(C2=N[C@H]3c4ccccc4C[C@@H]3O2)C2=N[C@H]3c4ccccc4C[C@@H]3O2)cc1. The summed E-state index contributed by atoms with van der Waals surface area (Å²) in [7, 11) is 0. The minimum atomic E-state index is -0.638. The molecule has 39 heavy (non-hydrogen) atoms. The zero-order valence-electron chi connectivity index (χ0n) is 21.7. The predicted octanol–water partition coefficient (Wildman–Crippen LogP) is 6.65. The van der Waals surface area contributed by atoms with Gasteiger partial charge in [0.15, 0.2) is 0 Å². The van der Waals surface area contributed by atoms with Crippen LogP contribution in [0.25, 0.3) is 0 Å². The van der Waals surface area contributed by atoms with E-state index >= 15 is 0 Å². The van der Waals surface area contributed by atoms with Crippen LogP contribution in [0.5, 0.6) is 0 Å². The van der Waals surface area contributed by atoms with Crippen LogP contribution in [0.3, 0.4) is 0 Å². The average Bonchev–Trinajstić information content (AvgIpc) is 3.73. The highest BCUT2D eigenvalue weighted by Gasteiger charge is 2.54. The average molecular weight is 511 g/mol. The second-order valence-electron chi connectivity index (χ2n) is 11.3. The molecule has 0 N–H and O–H groups in total. The van der Waals surface area contributed by atoms with Crippen LogP contribution in [0.2, 0.25) is 0 Å². The van der Waals surface area contributed by atoms with Gasteiger partial charge in [0.25, 0.3) is 0 Å². The number of nitrogens with zero attached hydrogens (tertiary/aromatic N) is 2. The molecule has 0 saturated heterocycles. The van der Waals surface area contributed by atoms with Gasteiger partial charge in [-0.25, -0.2) is 9.98 Å². The number of ether oxygens (including phenoxy) is 2. The Balaban J connectivity index is 1.28. The van der Waals surface area contributed by atoms with E-state index in [1.54, 1.807) is 0 Å². The lowest BCUT2D eigenvalue weighted by Crippen LogP contribution is -2.45. The Morgan fingerprint density at radius 2 is 0.949 bits per heavy atom. The van der Waals surface area contributed by atoms with Crippen molar-refractivity contribution in [2.75, 3.05) is 0 Å². The summed E-state index contributed by atoms with van der Waals surface area (Å²) in [5.41, 5.74) is 7.06. The van der Waals surface area contributed by atoms with E-state index in [1.807, 2.05) is 0 Å². The molecule has 4 aromatic rings. The maximum Gasteiger partial charge on any atom is 0.201 e. The molecule has 0 unspecified atom stereocenters. The second-order valence-corrected chi connectivity index (χ2v) is 11.3. The third-order valence-corrected chi connectivity index (χ3v) is 8.85. The third-order valence-electron chi connectivity index (χ3n) is 8.85. The Kier molecular flexibility index (Phi) is 5.22. The molecular weight excluding hydrogens is 480 g/mol. The van der Waals surface area contributed by atoms with Gasteiger partial charge >= 0.3 is 0 Å². The smallest absolute Gasteiger partial charge is 0.201 e. The van der Waals surface area contributed by atoms with E-state index in [2.05, 4.69) is 109 Å². The highest BCUT2D eigenvalue weighted by molar-refractivity contribution is 6.07. The standard InChI is InChI=1S/C35H30N2O2/c1-3-11-23(12-4-1)21-35(22-24-13-5-2-6-14-24,33-36-31-27-17-9-7-15-25(27)19-29(31)38-33)34-37-32-28-18-10-8-16-26(28)20-30(32)39-34/h1-18,29-32H,19-22H2/t29-,30-,31-,32-/m0/s1. The van der Waals surface area contributed by atoms with Crippen molar-refractivity contribution in [2.45, 2.75) is 50.0 Å². The van der Waals surface area contributed by atoms with Gasteiger partial charge in [0, 0.05) is 12.8 Å². The van der Waals surface area contributed by atoms with Crippen molar-refractivity contribution in [3.8, 4) is 0 Å². The zero-order valence-corrected chi connectivity index (χ0v) is 21.7. The summed E-state index contributed by atoms with van der Waals surface area (Å²) in [5.74, 6) is 1.54. The summed E-state index contributed by atoms with van der Waals surface area (Å²) in [6.07, 6.45) is 3.22. The normalized spacial score (nSPS) is 24.1. The number of hydrogen-bond acceptors (Lipinski definition) is 4. The van der Waals surface area contributed by atoms with Gasteiger partial charge in [-0.1, -0.05) is 109 Å². The van der Waals surface area contributed by atoms with Crippen LogP contribution in [0.1, 0.15) is 45.5 Å². The maximum atomic E-state index is 6.87. The predicted molar refractivity (Wildman–Crippen MR) is 153 cm³/mol. The lowest BCUT2D eigenvalue weighted by atomic mass is 9.75. The first-order chi connectivity index (χ1) is 19.3. The first kappa shape index (κ1) is 22.8. The third kappa shape index (κ3) is 3.73. The van der Waals surface area contributed by atoms with Gasteiger partial charge in [-0.15, -0.1) is 0 Å². The molecule has 0 aromatic heterocycles. The first-order valence-electron chi connectivity index (χ1n) is 14.0. The van der Waals surface area contributed by atoms with Crippen molar-refractivity contribution in [1.82, 2.24) is 0 Å². The van der Waals surface area contributed by atoms with E-state index in [4.69, 9.17) is 19.5 Å². The molecule has 0 fully saturated rings. The Bertz CT molecular complexity index is 1470. The van der Waals surface area contributed by atoms with E-state index < -0.39 is 5.41 Å². The van der Waals surface area contributed by atoms with Crippen molar-refractivity contribution in [3.63, 3.8) is 0 Å². The molecule has 192 valence electrons. The van der Waals surface area contributed by atoms with Gasteiger partial charge in [-0.3, -0.25) is 0 Å². The molecule has 2 aliphatic heterocycles. The zero-order chi connectivity index (χ0) is 25.8. The largest absolute Gasteiger partial charge is 0.474 e. The minimum absolute atomic E-state index is 0.0179. The molecule has 0 amide bonds.